The minimum absolute atomic E-state index is 0.0306. The van der Waals surface area contributed by atoms with E-state index in [-0.39, 0.29) is 18.5 Å². The van der Waals surface area contributed by atoms with Crippen LogP contribution >= 0.6 is 0 Å². The molecule has 0 atom stereocenters. The Kier molecular flexibility index (Phi) is 7.39. The Bertz CT molecular complexity index is 1260. The molecule has 184 valence electrons. The van der Waals surface area contributed by atoms with Crippen LogP contribution < -0.4 is 10.1 Å². The molecule has 0 unspecified atom stereocenters. The van der Waals surface area contributed by atoms with Gasteiger partial charge in [-0.15, -0.1) is 0 Å². The zero-order valence-corrected chi connectivity index (χ0v) is 20.3. The van der Waals surface area contributed by atoms with Crippen molar-refractivity contribution in [1.29, 1.82) is 0 Å². The van der Waals surface area contributed by atoms with Gasteiger partial charge in [-0.1, -0.05) is 12.1 Å². The largest absolute Gasteiger partial charge is 0.496 e. The summed E-state index contributed by atoms with van der Waals surface area (Å²) in [5, 5.41) is 3.60. The number of ketones is 1. The molecule has 8 heteroatoms. The lowest BCUT2D eigenvalue weighted by Crippen LogP contribution is -2.20. The summed E-state index contributed by atoms with van der Waals surface area (Å²) >= 11 is 0. The highest BCUT2D eigenvalue weighted by Crippen LogP contribution is 2.29. The van der Waals surface area contributed by atoms with Crippen molar-refractivity contribution in [3.05, 3.63) is 59.3 Å². The average molecular weight is 479 g/mol. The first-order valence-corrected chi connectivity index (χ1v) is 11.8. The summed E-state index contributed by atoms with van der Waals surface area (Å²) in [5.41, 5.74) is 3.18. The summed E-state index contributed by atoms with van der Waals surface area (Å²) < 4.78 is 18.0. The number of hydrogen-bond acceptors (Lipinski definition) is 6. The minimum atomic E-state index is -0.475. The number of esters is 1. The second-order valence-electron chi connectivity index (χ2n) is 8.64. The average Bonchev–Trinajstić information content (AvgIpc) is 3.47. The van der Waals surface area contributed by atoms with Crippen LogP contribution in [0.3, 0.4) is 0 Å². The van der Waals surface area contributed by atoms with Crippen LogP contribution in [0.15, 0.2) is 42.6 Å². The summed E-state index contributed by atoms with van der Waals surface area (Å²) in [5.74, 6) is 0.0683. The summed E-state index contributed by atoms with van der Waals surface area (Å²) in [6, 6.07) is 10.6. The third kappa shape index (κ3) is 5.48. The Morgan fingerprint density at radius 2 is 1.86 bits per heavy atom. The lowest BCUT2D eigenvalue weighted by atomic mass is 10.1. The predicted molar refractivity (Wildman–Crippen MR) is 132 cm³/mol. The molecule has 3 aromatic rings. The topological polar surface area (TPSA) is 95.9 Å². The molecule has 0 spiro atoms. The Labute approximate surface area is 204 Å². The number of benzene rings is 2. The SMILES string of the molecule is CCOC(=O)c1ccc(Cn2cc(C(C)=O)c3ccc(NC(=O)OC4CCCC4)cc32)c(OC)c1. The first-order valence-electron chi connectivity index (χ1n) is 11.8. The number of rotatable bonds is 8. The highest BCUT2D eigenvalue weighted by molar-refractivity contribution is 6.08. The van der Waals surface area contributed by atoms with Gasteiger partial charge in [-0.2, -0.15) is 0 Å². The summed E-state index contributed by atoms with van der Waals surface area (Å²) in [6.45, 7) is 3.96. The fraction of sp³-hybridized carbons (Fsp3) is 0.370. The zero-order valence-electron chi connectivity index (χ0n) is 20.3. The van der Waals surface area contributed by atoms with Crippen molar-refractivity contribution in [2.75, 3.05) is 19.0 Å². The van der Waals surface area contributed by atoms with Crippen LogP contribution in [0.25, 0.3) is 10.9 Å². The van der Waals surface area contributed by atoms with E-state index in [1.54, 1.807) is 38.4 Å². The van der Waals surface area contributed by atoms with Crippen molar-refractivity contribution in [1.82, 2.24) is 4.57 Å². The number of ether oxygens (including phenoxy) is 3. The highest BCUT2D eigenvalue weighted by Gasteiger charge is 2.20. The monoisotopic (exact) mass is 478 g/mol. The standard InChI is InChI=1S/C27H30N2O6/c1-4-34-26(31)18-9-10-19(25(13-18)33-3)15-29-16-23(17(2)30)22-12-11-20(14-24(22)29)28-27(32)35-21-7-5-6-8-21/h9-14,16,21H,4-8,15H2,1-3H3,(H,28,32). The first-order chi connectivity index (χ1) is 16.9. The van der Waals surface area contributed by atoms with Gasteiger partial charge < -0.3 is 18.8 Å². The van der Waals surface area contributed by atoms with Crippen LogP contribution in [-0.4, -0.2) is 42.2 Å². The number of methoxy groups -OCH3 is 1. The molecule has 2 aromatic carbocycles. The Balaban J connectivity index is 1.63. The van der Waals surface area contributed by atoms with E-state index in [0.717, 1.165) is 42.1 Å². The van der Waals surface area contributed by atoms with Crippen LogP contribution in [0.5, 0.6) is 5.75 Å². The maximum atomic E-state index is 12.4. The van der Waals surface area contributed by atoms with Crippen molar-refractivity contribution in [2.45, 2.75) is 52.2 Å². The van der Waals surface area contributed by atoms with E-state index in [1.807, 2.05) is 22.8 Å². The number of aromatic nitrogens is 1. The molecule has 1 saturated carbocycles. The van der Waals surface area contributed by atoms with Crippen LogP contribution in [0.4, 0.5) is 10.5 Å². The van der Waals surface area contributed by atoms with Crippen LogP contribution in [-0.2, 0) is 16.0 Å². The Hall–Kier alpha value is -3.81. The smallest absolute Gasteiger partial charge is 0.411 e. The second kappa shape index (κ2) is 10.6. The molecule has 35 heavy (non-hydrogen) atoms. The molecule has 1 heterocycles. The van der Waals surface area contributed by atoms with Gasteiger partial charge in [0.05, 0.1) is 31.3 Å². The van der Waals surface area contributed by atoms with E-state index >= 15 is 0 Å². The Morgan fingerprint density at radius 1 is 1.09 bits per heavy atom. The van der Waals surface area contributed by atoms with Gasteiger partial charge in [-0.25, -0.2) is 9.59 Å². The van der Waals surface area contributed by atoms with Crippen molar-refractivity contribution in [3.63, 3.8) is 0 Å². The molecule has 1 amide bonds. The van der Waals surface area contributed by atoms with Crippen LogP contribution in [0, 0.1) is 0 Å². The number of nitrogens with zero attached hydrogens (tertiary/aromatic N) is 1. The maximum Gasteiger partial charge on any atom is 0.411 e. The number of carbonyl (C=O) groups is 3. The van der Waals surface area contributed by atoms with Crippen LogP contribution in [0.1, 0.15) is 65.8 Å². The number of carbonyl (C=O) groups excluding carboxylic acids is 3. The molecule has 1 aliphatic rings. The van der Waals surface area contributed by atoms with Gasteiger partial charge >= 0.3 is 12.1 Å². The van der Waals surface area contributed by atoms with E-state index in [1.165, 1.54) is 6.92 Å². The van der Waals surface area contributed by atoms with E-state index in [2.05, 4.69) is 5.32 Å². The lowest BCUT2D eigenvalue weighted by Gasteiger charge is -2.14. The highest BCUT2D eigenvalue weighted by atomic mass is 16.6. The molecule has 0 radical (unpaired) electrons. The molecule has 4 rings (SSSR count). The zero-order chi connectivity index (χ0) is 24.9. The Morgan fingerprint density at radius 3 is 2.54 bits per heavy atom. The fourth-order valence-corrected chi connectivity index (χ4v) is 4.49. The van der Waals surface area contributed by atoms with Gasteiger partial charge in [0.15, 0.2) is 5.78 Å². The number of amides is 1. The molecule has 1 fully saturated rings. The fourth-order valence-electron chi connectivity index (χ4n) is 4.49. The number of hydrogen-bond donors (Lipinski definition) is 1. The third-order valence-corrected chi connectivity index (χ3v) is 6.22. The van der Waals surface area contributed by atoms with Gasteiger partial charge in [0.2, 0.25) is 0 Å². The quantitative estimate of drug-likeness (QED) is 0.336. The number of anilines is 1. The van der Waals surface area contributed by atoms with E-state index < -0.39 is 12.1 Å². The molecular weight excluding hydrogens is 448 g/mol. The van der Waals surface area contributed by atoms with Crippen LogP contribution in [0.2, 0.25) is 0 Å². The second-order valence-corrected chi connectivity index (χ2v) is 8.64. The molecule has 0 bridgehead atoms. The molecule has 1 aliphatic carbocycles. The summed E-state index contributed by atoms with van der Waals surface area (Å²) in [4.78, 5) is 36.8. The molecule has 1 aromatic heterocycles. The van der Waals surface area contributed by atoms with Gasteiger partial charge in [0.1, 0.15) is 11.9 Å². The van der Waals surface area contributed by atoms with Gasteiger partial charge in [-0.3, -0.25) is 10.1 Å². The maximum absolute atomic E-state index is 12.4. The third-order valence-electron chi connectivity index (χ3n) is 6.22. The van der Waals surface area contributed by atoms with E-state index in [4.69, 9.17) is 14.2 Å². The number of fused-ring (bicyclic) bond motifs is 1. The number of nitrogens with one attached hydrogen (secondary N) is 1. The number of Topliss-reactive ketones (excluding diaryl/α,β-unsaturated/α-hetero) is 1. The van der Waals surface area contributed by atoms with Crippen molar-refractivity contribution in [2.24, 2.45) is 0 Å². The van der Waals surface area contributed by atoms with Crippen molar-refractivity contribution < 1.29 is 28.6 Å². The van der Waals surface area contributed by atoms with E-state index in [9.17, 15) is 14.4 Å². The van der Waals surface area contributed by atoms with Gasteiger partial charge in [0, 0.05) is 28.4 Å². The van der Waals surface area contributed by atoms with E-state index in [0.29, 0.717) is 29.1 Å². The normalized spacial score (nSPS) is 13.6. The summed E-state index contributed by atoms with van der Waals surface area (Å²) in [7, 11) is 1.54. The summed E-state index contributed by atoms with van der Waals surface area (Å²) in [6.07, 6.45) is 5.24. The van der Waals surface area contributed by atoms with Gasteiger partial charge in [-0.05, 0) is 63.8 Å². The van der Waals surface area contributed by atoms with Crippen molar-refractivity contribution in [3.8, 4) is 5.75 Å². The molecule has 1 N–H and O–H groups in total. The molecule has 0 saturated heterocycles. The van der Waals surface area contributed by atoms with Crippen molar-refractivity contribution >= 4 is 34.4 Å². The van der Waals surface area contributed by atoms with Gasteiger partial charge in [0.25, 0.3) is 0 Å². The lowest BCUT2D eigenvalue weighted by molar-refractivity contribution is 0.0525. The molecular formula is C27H30N2O6. The molecule has 8 nitrogen and oxygen atoms in total. The minimum Gasteiger partial charge on any atom is -0.496 e. The molecule has 0 aliphatic heterocycles. The first kappa shape index (κ1) is 24.3. The predicted octanol–water partition coefficient (Wildman–Crippen LogP) is 5.57.